The normalized spacial score (nSPS) is 10.9. The first-order valence-corrected chi connectivity index (χ1v) is 6.47. The van der Waals surface area contributed by atoms with Gasteiger partial charge in [-0.05, 0) is 12.1 Å². The topological polar surface area (TPSA) is 56.5 Å². The Labute approximate surface area is 128 Å². The van der Waals surface area contributed by atoms with Crippen molar-refractivity contribution >= 4 is 23.2 Å². The van der Waals surface area contributed by atoms with Gasteiger partial charge >= 0.3 is 5.97 Å². The fourth-order valence-corrected chi connectivity index (χ4v) is 2.29. The molecule has 5 nitrogen and oxygen atoms in total. The van der Waals surface area contributed by atoms with Gasteiger partial charge in [-0.1, -0.05) is 17.7 Å². The lowest BCUT2D eigenvalue weighted by molar-refractivity contribution is 0.0602. The van der Waals surface area contributed by atoms with Crippen molar-refractivity contribution in [3.63, 3.8) is 0 Å². The number of esters is 1. The summed E-state index contributed by atoms with van der Waals surface area (Å²) in [5.74, 6) is -2.19. The number of aromatic nitrogens is 3. The molecule has 0 spiro atoms. The van der Waals surface area contributed by atoms with Crippen molar-refractivity contribution in [3.8, 4) is 11.1 Å². The second-order valence-electron chi connectivity index (χ2n) is 4.36. The molecule has 0 fully saturated rings. The molecular formula is C14H8ClF2N3O2. The molecule has 2 heterocycles. The minimum Gasteiger partial charge on any atom is -0.465 e. The molecule has 1 aromatic carbocycles. The highest BCUT2D eigenvalue weighted by Crippen LogP contribution is 2.31. The SMILES string of the molecule is COC(=O)c1cnn2cc(-c3c(F)cccc3F)c(Cl)nc12. The Morgan fingerprint density at radius 3 is 2.64 bits per heavy atom. The Morgan fingerprint density at radius 2 is 2.00 bits per heavy atom. The molecule has 0 bridgehead atoms. The predicted octanol–water partition coefficient (Wildman–Crippen LogP) is 3.11. The molecule has 0 atom stereocenters. The highest BCUT2D eigenvalue weighted by molar-refractivity contribution is 6.32. The van der Waals surface area contributed by atoms with Crippen molar-refractivity contribution in [2.24, 2.45) is 0 Å². The van der Waals surface area contributed by atoms with E-state index >= 15 is 0 Å². The zero-order valence-corrected chi connectivity index (χ0v) is 11.9. The number of carbonyl (C=O) groups excluding carboxylic acids is 1. The van der Waals surface area contributed by atoms with Gasteiger partial charge in [-0.25, -0.2) is 23.1 Å². The zero-order valence-electron chi connectivity index (χ0n) is 11.2. The first-order valence-electron chi connectivity index (χ1n) is 6.09. The maximum atomic E-state index is 13.9. The smallest absolute Gasteiger partial charge is 0.343 e. The molecule has 22 heavy (non-hydrogen) atoms. The summed E-state index contributed by atoms with van der Waals surface area (Å²) in [6.07, 6.45) is 2.55. The predicted molar refractivity (Wildman–Crippen MR) is 74.7 cm³/mol. The van der Waals surface area contributed by atoms with Gasteiger partial charge in [-0.2, -0.15) is 5.10 Å². The lowest BCUT2D eigenvalue weighted by atomic mass is 10.1. The molecule has 3 rings (SSSR count). The number of rotatable bonds is 2. The van der Waals surface area contributed by atoms with Crippen LogP contribution in [0.4, 0.5) is 8.78 Å². The van der Waals surface area contributed by atoms with Crippen LogP contribution < -0.4 is 0 Å². The summed E-state index contributed by atoms with van der Waals surface area (Å²) in [4.78, 5) is 15.6. The lowest BCUT2D eigenvalue weighted by Gasteiger charge is -2.07. The van der Waals surface area contributed by atoms with Gasteiger partial charge in [0.05, 0.1) is 18.9 Å². The Kier molecular flexibility index (Phi) is 3.50. The van der Waals surface area contributed by atoms with Crippen LogP contribution in [-0.2, 0) is 4.74 Å². The van der Waals surface area contributed by atoms with E-state index in [-0.39, 0.29) is 27.5 Å². The van der Waals surface area contributed by atoms with E-state index in [4.69, 9.17) is 11.6 Å². The minimum absolute atomic E-state index is 0.0317. The highest BCUT2D eigenvalue weighted by Gasteiger charge is 2.20. The van der Waals surface area contributed by atoms with Gasteiger partial charge < -0.3 is 4.74 Å². The van der Waals surface area contributed by atoms with Crippen LogP contribution in [0, 0.1) is 11.6 Å². The van der Waals surface area contributed by atoms with Crippen molar-refractivity contribution in [1.29, 1.82) is 0 Å². The number of ether oxygens (including phenoxy) is 1. The van der Waals surface area contributed by atoms with E-state index in [1.165, 1.54) is 30.1 Å². The van der Waals surface area contributed by atoms with Crippen LogP contribution in [0.15, 0.2) is 30.6 Å². The molecule has 3 aromatic rings. The van der Waals surface area contributed by atoms with E-state index in [1.54, 1.807) is 0 Å². The van der Waals surface area contributed by atoms with Crippen molar-refractivity contribution in [2.45, 2.75) is 0 Å². The van der Waals surface area contributed by atoms with E-state index in [0.717, 1.165) is 12.1 Å². The van der Waals surface area contributed by atoms with Gasteiger partial charge in [0.2, 0.25) is 0 Å². The molecule has 112 valence electrons. The molecule has 2 aromatic heterocycles. The quantitative estimate of drug-likeness (QED) is 0.537. The number of hydrogen-bond acceptors (Lipinski definition) is 4. The first kappa shape index (κ1) is 14.4. The average molecular weight is 324 g/mol. The Bertz CT molecular complexity index is 875. The second kappa shape index (κ2) is 5.34. The van der Waals surface area contributed by atoms with Crippen molar-refractivity contribution in [1.82, 2.24) is 14.6 Å². The summed E-state index contributed by atoms with van der Waals surface area (Å²) in [6.45, 7) is 0. The minimum atomic E-state index is -0.775. The van der Waals surface area contributed by atoms with Crippen LogP contribution >= 0.6 is 11.6 Å². The molecule has 0 radical (unpaired) electrons. The molecule has 0 N–H and O–H groups in total. The maximum Gasteiger partial charge on any atom is 0.343 e. The molecule has 0 aliphatic rings. The summed E-state index contributed by atoms with van der Waals surface area (Å²) in [7, 11) is 1.22. The number of halogens is 3. The summed E-state index contributed by atoms with van der Waals surface area (Å²) < 4.78 is 33.6. The molecule has 0 aliphatic heterocycles. The summed E-state index contributed by atoms with van der Waals surface area (Å²) in [6, 6.07) is 3.47. The molecule has 0 unspecified atom stereocenters. The first-order chi connectivity index (χ1) is 10.5. The maximum absolute atomic E-state index is 13.9. The van der Waals surface area contributed by atoms with E-state index < -0.39 is 17.6 Å². The van der Waals surface area contributed by atoms with E-state index in [1.807, 2.05) is 0 Å². The van der Waals surface area contributed by atoms with E-state index in [2.05, 4.69) is 14.8 Å². The lowest BCUT2D eigenvalue weighted by Crippen LogP contribution is -2.03. The second-order valence-corrected chi connectivity index (χ2v) is 4.72. The van der Waals surface area contributed by atoms with Crippen LogP contribution in [-0.4, -0.2) is 27.7 Å². The van der Waals surface area contributed by atoms with Gasteiger partial charge in [-0.15, -0.1) is 0 Å². The Hall–Kier alpha value is -2.54. The third-order valence-electron chi connectivity index (χ3n) is 3.08. The zero-order chi connectivity index (χ0) is 15.9. The van der Waals surface area contributed by atoms with E-state index in [9.17, 15) is 13.6 Å². The average Bonchev–Trinajstić information content (AvgIpc) is 2.89. The molecule has 0 amide bonds. The number of benzene rings is 1. The highest BCUT2D eigenvalue weighted by atomic mass is 35.5. The van der Waals surface area contributed by atoms with Crippen molar-refractivity contribution in [2.75, 3.05) is 7.11 Å². The molecular weight excluding hydrogens is 316 g/mol. The molecule has 0 aliphatic carbocycles. The fourth-order valence-electron chi connectivity index (χ4n) is 2.07. The largest absolute Gasteiger partial charge is 0.465 e. The summed E-state index contributed by atoms with van der Waals surface area (Å²) >= 11 is 6.02. The van der Waals surface area contributed by atoms with Gasteiger partial charge in [0.15, 0.2) is 5.65 Å². The van der Waals surface area contributed by atoms with Crippen LogP contribution in [0.1, 0.15) is 10.4 Å². The molecule has 0 saturated heterocycles. The van der Waals surface area contributed by atoms with Gasteiger partial charge in [0.25, 0.3) is 0 Å². The molecule has 0 saturated carbocycles. The number of fused-ring (bicyclic) bond motifs is 1. The van der Waals surface area contributed by atoms with Crippen LogP contribution in [0.5, 0.6) is 0 Å². The van der Waals surface area contributed by atoms with Gasteiger partial charge in [-0.3, -0.25) is 0 Å². The molecule has 8 heteroatoms. The number of nitrogens with zero attached hydrogens (tertiary/aromatic N) is 3. The van der Waals surface area contributed by atoms with Crippen LogP contribution in [0.2, 0.25) is 5.15 Å². The number of carbonyl (C=O) groups is 1. The van der Waals surface area contributed by atoms with Gasteiger partial charge in [0, 0.05) is 11.8 Å². The van der Waals surface area contributed by atoms with Crippen molar-refractivity contribution in [3.05, 3.63) is 52.9 Å². The third-order valence-corrected chi connectivity index (χ3v) is 3.37. The van der Waals surface area contributed by atoms with E-state index in [0.29, 0.717) is 0 Å². The fraction of sp³-hybridized carbons (Fsp3) is 0.0714. The standard InChI is InChI=1S/C14H8ClF2N3O2/c1-22-14(21)7-5-18-20-6-8(12(15)19-13(7)20)11-9(16)3-2-4-10(11)17/h2-6H,1H3. The Balaban J connectivity index is 2.26. The number of methoxy groups -OCH3 is 1. The Morgan fingerprint density at radius 1 is 1.32 bits per heavy atom. The summed E-state index contributed by atoms with van der Waals surface area (Å²) in [5.41, 5.74) is -0.0383. The van der Waals surface area contributed by atoms with Crippen molar-refractivity contribution < 1.29 is 18.3 Å². The van der Waals surface area contributed by atoms with Crippen LogP contribution in [0.25, 0.3) is 16.8 Å². The number of hydrogen-bond donors (Lipinski definition) is 0. The monoisotopic (exact) mass is 323 g/mol. The summed E-state index contributed by atoms with van der Waals surface area (Å²) in [5, 5.41) is 3.77. The van der Waals surface area contributed by atoms with Crippen LogP contribution in [0.3, 0.4) is 0 Å². The van der Waals surface area contributed by atoms with Gasteiger partial charge in [0.1, 0.15) is 22.4 Å². The third kappa shape index (κ3) is 2.19.